The van der Waals surface area contributed by atoms with E-state index in [2.05, 4.69) is 15.3 Å². The summed E-state index contributed by atoms with van der Waals surface area (Å²) in [6.45, 7) is 2.57. The van der Waals surface area contributed by atoms with Gasteiger partial charge in [-0.3, -0.25) is 0 Å². The smallest absolute Gasteiger partial charge is 0.130 e. The van der Waals surface area contributed by atoms with Crippen molar-refractivity contribution in [1.29, 1.82) is 0 Å². The average molecular weight is 271 g/mol. The van der Waals surface area contributed by atoms with Gasteiger partial charge in [-0.15, -0.1) is 0 Å². The van der Waals surface area contributed by atoms with E-state index in [1.807, 2.05) is 31.2 Å². The lowest BCUT2D eigenvalue weighted by atomic mass is 10.0. The molecule has 2 aromatic rings. The maximum atomic E-state index is 5.70. The molecule has 0 radical (unpaired) electrons. The summed E-state index contributed by atoms with van der Waals surface area (Å²) in [5.74, 6) is 3.28. The molecule has 1 N–H and O–H groups in total. The molecule has 1 aromatic carbocycles. The fourth-order valence-electron chi connectivity index (χ4n) is 2.36. The predicted molar refractivity (Wildman–Crippen MR) is 76.2 cm³/mol. The molecule has 5 nitrogen and oxygen atoms in total. The molecule has 20 heavy (non-hydrogen) atoms. The van der Waals surface area contributed by atoms with Crippen LogP contribution in [0.15, 0.2) is 30.5 Å². The second kappa shape index (κ2) is 5.36. The molecule has 104 valence electrons. The van der Waals surface area contributed by atoms with Crippen molar-refractivity contribution in [1.82, 2.24) is 9.97 Å². The summed E-state index contributed by atoms with van der Waals surface area (Å²) in [6.07, 6.45) is 2.67. The lowest BCUT2D eigenvalue weighted by Gasteiger charge is -2.27. The minimum absolute atomic E-state index is 0.193. The minimum atomic E-state index is 0.193. The molecule has 1 atom stereocenters. The molecule has 5 heteroatoms. The molecule has 1 aromatic heterocycles. The molecule has 1 aliphatic heterocycles. The third kappa shape index (κ3) is 2.52. The van der Waals surface area contributed by atoms with Crippen molar-refractivity contribution in [3.8, 4) is 11.5 Å². The summed E-state index contributed by atoms with van der Waals surface area (Å²) >= 11 is 0. The van der Waals surface area contributed by atoms with Gasteiger partial charge >= 0.3 is 0 Å². The summed E-state index contributed by atoms with van der Waals surface area (Å²) in [5.41, 5.74) is 1.13. The molecular formula is C15H17N3O2. The third-order valence-corrected chi connectivity index (χ3v) is 3.36. The van der Waals surface area contributed by atoms with E-state index in [1.54, 1.807) is 13.3 Å². The number of ether oxygens (including phenoxy) is 2. The van der Waals surface area contributed by atoms with E-state index in [1.165, 1.54) is 0 Å². The zero-order chi connectivity index (χ0) is 13.9. The molecule has 0 aliphatic carbocycles. The van der Waals surface area contributed by atoms with Gasteiger partial charge in [-0.1, -0.05) is 0 Å². The fourth-order valence-corrected chi connectivity index (χ4v) is 2.36. The van der Waals surface area contributed by atoms with Gasteiger partial charge in [-0.05, 0) is 25.1 Å². The zero-order valence-electron chi connectivity index (χ0n) is 11.6. The number of hydrogen-bond acceptors (Lipinski definition) is 5. The van der Waals surface area contributed by atoms with Crippen LogP contribution >= 0.6 is 0 Å². The lowest BCUT2D eigenvalue weighted by molar-refractivity contribution is 0.272. The molecule has 0 saturated carbocycles. The van der Waals surface area contributed by atoms with Crippen LogP contribution in [-0.2, 0) is 0 Å². The first-order valence-electron chi connectivity index (χ1n) is 6.63. The van der Waals surface area contributed by atoms with Gasteiger partial charge in [0.25, 0.3) is 0 Å². The number of aryl methyl sites for hydroxylation is 1. The number of aromatic nitrogens is 2. The number of nitrogens with one attached hydrogen (secondary N) is 1. The Morgan fingerprint density at radius 2 is 2.25 bits per heavy atom. The van der Waals surface area contributed by atoms with Crippen LogP contribution < -0.4 is 14.8 Å². The van der Waals surface area contributed by atoms with E-state index < -0.39 is 0 Å². The van der Waals surface area contributed by atoms with Gasteiger partial charge in [0.1, 0.15) is 23.1 Å². The Kier molecular flexibility index (Phi) is 3.41. The van der Waals surface area contributed by atoms with Crippen LogP contribution in [0.5, 0.6) is 11.5 Å². The molecule has 2 heterocycles. The van der Waals surface area contributed by atoms with E-state index in [-0.39, 0.29) is 6.04 Å². The number of anilines is 1. The van der Waals surface area contributed by atoms with Crippen molar-refractivity contribution in [2.45, 2.75) is 19.4 Å². The van der Waals surface area contributed by atoms with Crippen LogP contribution in [0.1, 0.15) is 23.9 Å². The highest BCUT2D eigenvalue weighted by Gasteiger charge is 2.22. The summed E-state index contributed by atoms with van der Waals surface area (Å²) in [4.78, 5) is 8.49. The predicted octanol–water partition coefficient (Wildman–Crippen LogP) is 2.73. The highest BCUT2D eigenvalue weighted by molar-refractivity contribution is 5.47. The Balaban J connectivity index is 1.86. The molecule has 0 amide bonds. The molecule has 1 unspecified atom stereocenters. The van der Waals surface area contributed by atoms with Gasteiger partial charge in [-0.2, -0.15) is 0 Å². The number of fused-ring (bicyclic) bond motifs is 1. The normalized spacial score (nSPS) is 17.0. The monoisotopic (exact) mass is 271 g/mol. The van der Waals surface area contributed by atoms with E-state index in [0.29, 0.717) is 6.61 Å². The van der Waals surface area contributed by atoms with Gasteiger partial charge in [0, 0.05) is 24.2 Å². The van der Waals surface area contributed by atoms with Crippen molar-refractivity contribution in [3.05, 3.63) is 41.9 Å². The number of rotatable bonds is 3. The first-order valence-corrected chi connectivity index (χ1v) is 6.63. The lowest BCUT2D eigenvalue weighted by Crippen LogP contribution is -2.21. The molecule has 0 saturated heterocycles. The van der Waals surface area contributed by atoms with Crippen molar-refractivity contribution in [2.24, 2.45) is 0 Å². The Morgan fingerprint density at radius 3 is 3.05 bits per heavy atom. The Bertz CT molecular complexity index is 616. The number of methoxy groups -OCH3 is 1. The van der Waals surface area contributed by atoms with E-state index in [4.69, 9.17) is 9.47 Å². The highest BCUT2D eigenvalue weighted by Crippen LogP contribution is 2.36. The summed E-state index contributed by atoms with van der Waals surface area (Å²) in [7, 11) is 1.66. The maximum absolute atomic E-state index is 5.70. The van der Waals surface area contributed by atoms with Gasteiger partial charge in [0.2, 0.25) is 0 Å². The summed E-state index contributed by atoms with van der Waals surface area (Å²) in [5, 5.41) is 3.44. The van der Waals surface area contributed by atoms with Gasteiger partial charge < -0.3 is 14.8 Å². The van der Waals surface area contributed by atoms with E-state index >= 15 is 0 Å². The second-order valence-electron chi connectivity index (χ2n) is 4.73. The summed E-state index contributed by atoms with van der Waals surface area (Å²) in [6, 6.07) is 7.99. The van der Waals surface area contributed by atoms with Crippen LogP contribution in [0, 0.1) is 6.92 Å². The Labute approximate surface area is 118 Å². The minimum Gasteiger partial charge on any atom is -0.497 e. The van der Waals surface area contributed by atoms with Crippen LogP contribution in [0.3, 0.4) is 0 Å². The van der Waals surface area contributed by atoms with Crippen LogP contribution in [0.25, 0.3) is 0 Å². The second-order valence-corrected chi connectivity index (χ2v) is 4.73. The highest BCUT2D eigenvalue weighted by atomic mass is 16.5. The van der Waals surface area contributed by atoms with E-state index in [0.717, 1.165) is 35.1 Å². The topological polar surface area (TPSA) is 56.3 Å². The van der Waals surface area contributed by atoms with Gasteiger partial charge in [-0.25, -0.2) is 9.97 Å². The summed E-state index contributed by atoms with van der Waals surface area (Å²) < 4.78 is 10.9. The zero-order valence-corrected chi connectivity index (χ0v) is 11.6. The molecule has 0 bridgehead atoms. The average Bonchev–Trinajstić information content (AvgIpc) is 2.47. The molecular weight excluding hydrogens is 254 g/mol. The molecule has 3 rings (SSSR count). The Hall–Kier alpha value is -2.30. The SMILES string of the molecule is COc1ccc2c(c1)OCCC2Nc1ccnc(C)n1. The van der Waals surface area contributed by atoms with Crippen molar-refractivity contribution in [3.63, 3.8) is 0 Å². The van der Waals surface area contributed by atoms with Crippen LogP contribution in [0.2, 0.25) is 0 Å². The standard InChI is InChI=1S/C15H17N3O2/c1-10-16-7-5-15(17-10)18-13-6-8-20-14-9-11(19-2)3-4-12(13)14/h3-5,7,9,13H,6,8H2,1-2H3,(H,16,17,18). The van der Waals surface area contributed by atoms with Crippen LogP contribution in [0.4, 0.5) is 5.82 Å². The number of nitrogens with zero attached hydrogens (tertiary/aromatic N) is 2. The van der Waals surface area contributed by atoms with E-state index in [9.17, 15) is 0 Å². The largest absolute Gasteiger partial charge is 0.497 e. The quantitative estimate of drug-likeness (QED) is 0.930. The first-order chi connectivity index (χ1) is 9.76. The molecule has 1 aliphatic rings. The molecule has 0 spiro atoms. The number of benzene rings is 1. The molecule has 0 fully saturated rings. The fraction of sp³-hybridized carbons (Fsp3) is 0.333. The first kappa shape index (κ1) is 12.7. The van der Waals surface area contributed by atoms with Gasteiger partial charge in [0.15, 0.2) is 0 Å². The third-order valence-electron chi connectivity index (χ3n) is 3.36. The van der Waals surface area contributed by atoms with Crippen LogP contribution in [-0.4, -0.2) is 23.7 Å². The van der Waals surface area contributed by atoms with Gasteiger partial charge in [0.05, 0.1) is 19.8 Å². The van der Waals surface area contributed by atoms with Crippen molar-refractivity contribution >= 4 is 5.82 Å². The maximum Gasteiger partial charge on any atom is 0.130 e. The number of hydrogen-bond donors (Lipinski definition) is 1. The van der Waals surface area contributed by atoms with Crippen molar-refractivity contribution < 1.29 is 9.47 Å². The Morgan fingerprint density at radius 1 is 1.35 bits per heavy atom. The van der Waals surface area contributed by atoms with Crippen molar-refractivity contribution in [2.75, 3.05) is 19.0 Å².